The van der Waals surface area contributed by atoms with Crippen molar-refractivity contribution in [1.82, 2.24) is 0 Å². The Morgan fingerprint density at radius 2 is 2.00 bits per heavy atom. The van der Waals surface area contributed by atoms with E-state index in [0.717, 1.165) is 6.07 Å². The maximum Gasteiger partial charge on any atom is 0.343 e. The molecule has 5 heteroatoms. The Labute approximate surface area is 108 Å². The van der Waals surface area contributed by atoms with Crippen LogP contribution in [0.3, 0.4) is 0 Å². The van der Waals surface area contributed by atoms with Gasteiger partial charge in [0.05, 0.1) is 10.6 Å². The van der Waals surface area contributed by atoms with E-state index >= 15 is 0 Å². The molecule has 92 valence electrons. The number of nitrogens with two attached hydrogens (primary N) is 1. The largest absolute Gasteiger partial charge is 0.421 e. The van der Waals surface area contributed by atoms with Crippen LogP contribution in [-0.4, -0.2) is 5.97 Å². The molecule has 0 aromatic heterocycles. The summed E-state index contributed by atoms with van der Waals surface area (Å²) in [4.78, 5) is 11.7. The SMILES string of the molecule is Nc1ccc(OC(=O)c2cccc(F)c2)c(Cl)c1. The second kappa shape index (κ2) is 5.06. The summed E-state index contributed by atoms with van der Waals surface area (Å²) >= 11 is 5.86. The van der Waals surface area contributed by atoms with E-state index in [1.54, 1.807) is 6.07 Å². The van der Waals surface area contributed by atoms with Crippen LogP contribution < -0.4 is 10.5 Å². The number of halogens is 2. The second-order valence-corrected chi connectivity index (χ2v) is 4.00. The number of nitrogen functional groups attached to an aromatic ring is 1. The molecular formula is C13H9ClFNO2. The Hall–Kier alpha value is -2.07. The molecule has 2 N–H and O–H groups in total. The van der Waals surface area contributed by atoms with E-state index in [2.05, 4.69) is 0 Å². The highest BCUT2D eigenvalue weighted by molar-refractivity contribution is 6.32. The first-order valence-corrected chi connectivity index (χ1v) is 5.47. The van der Waals surface area contributed by atoms with Crippen molar-refractivity contribution < 1.29 is 13.9 Å². The molecule has 0 aliphatic carbocycles. The lowest BCUT2D eigenvalue weighted by Gasteiger charge is -2.06. The third-order valence-electron chi connectivity index (χ3n) is 2.22. The molecule has 0 aliphatic heterocycles. The minimum atomic E-state index is -0.679. The van der Waals surface area contributed by atoms with Crippen LogP contribution in [0.4, 0.5) is 10.1 Å². The molecule has 2 aromatic rings. The molecule has 0 fully saturated rings. The van der Waals surface area contributed by atoms with Gasteiger partial charge < -0.3 is 10.5 Å². The number of hydrogen-bond acceptors (Lipinski definition) is 3. The molecule has 0 atom stereocenters. The molecule has 3 nitrogen and oxygen atoms in total. The van der Waals surface area contributed by atoms with Gasteiger partial charge in [0, 0.05) is 5.69 Å². The topological polar surface area (TPSA) is 52.3 Å². The minimum absolute atomic E-state index is 0.114. The molecule has 0 radical (unpaired) electrons. The van der Waals surface area contributed by atoms with E-state index in [0.29, 0.717) is 5.69 Å². The summed E-state index contributed by atoms with van der Waals surface area (Å²) in [5, 5.41) is 0.222. The lowest BCUT2D eigenvalue weighted by molar-refractivity contribution is 0.0734. The van der Waals surface area contributed by atoms with Crippen molar-refractivity contribution in [2.75, 3.05) is 5.73 Å². The first-order valence-electron chi connectivity index (χ1n) is 5.09. The standard InChI is InChI=1S/C13H9ClFNO2/c14-11-7-10(16)4-5-12(11)18-13(17)8-2-1-3-9(15)6-8/h1-7H,16H2. The van der Waals surface area contributed by atoms with Crippen molar-refractivity contribution in [3.05, 3.63) is 58.9 Å². The van der Waals surface area contributed by atoms with Crippen LogP contribution in [0.25, 0.3) is 0 Å². The molecule has 0 saturated heterocycles. The van der Waals surface area contributed by atoms with Crippen LogP contribution in [0, 0.1) is 5.82 Å². The van der Waals surface area contributed by atoms with Gasteiger partial charge in [-0.1, -0.05) is 17.7 Å². The van der Waals surface area contributed by atoms with Gasteiger partial charge in [0.1, 0.15) is 11.6 Å². The normalized spacial score (nSPS) is 10.1. The smallest absolute Gasteiger partial charge is 0.343 e. The Kier molecular flexibility index (Phi) is 3.48. The van der Waals surface area contributed by atoms with Crippen LogP contribution in [0.2, 0.25) is 5.02 Å². The maximum atomic E-state index is 12.9. The highest BCUT2D eigenvalue weighted by Crippen LogP contribution is 2.27. The van der Waals surface area contributed by atoms with Gasteiger partial charge in [-0.05, 0) is 36.4 Å². The highest BCUT2D eigenvalue weighted by Gasteiger charge is 2.11. The van der Waals surface area contributed by atoms with Crippen LogP contribution in [-0.2, 0) is 0 Å². The molecule has 2 aromatic carbocycles. The zero-order valence-corrected chi connectivity index (χ0v) is 9.95. The van der Waals surface area contributed by atoms with Gasteiger partial charge in [-0.2, -0.15) is 0 Å². The van der Waals surface area contributed by atoms with Crippen molar-refractivity contribution >= 4 is 23.3 Å². The molecule has 18 heavy (non-hydrogen) atoms. The van der Waals surface area contributed by atoms with Gasteiger partial charge in [-0.15, -0.1) is 0 Å². The third kappa shape index (κ3) is 2.78. The Morgan fingerprint density at radius 3 is 2.67 bits per heavy atom. The summed E-state index contributed by atoms with van der Waals surface area (Å²) < 4.78 is 18.0. The first kappa shape index (κ1) is 12.4. The zero-order chi connectivity index (χ0) is 13.1. The average molecular weight is 266 g/mol. The predicted molar refractivity (Wildman–Crippen MR) is 67.2 cm³/mol. The Bertz CT molecular complexity index is 601. The van der Waals surface area contributed by atoms with Crippen LogP contribution >= 0.6 is 11.6 Å². The minimum Gasteiger partial charge on any atom is -0.421 e. The Balaban J connectivity index is 2.21. The lowest BCUT2D eigenvalue weighted by atomic mass is 10.2. The number of esters is 1. The fourth-order valence-electron chi connectivity index (χ4n) is 1.37. The van der Waals surface area contributed by atoms with Crippen molar-refractivity contribution in [2.45, 2.75) is 0 Å². The number of rotatable bonds is 2. The molecule has 0 spiro atoms. The van der Waals surface area contributed by atoms with Crippen LogP contribution in [0.5, 0.6) is 5.75 Å². The zero-order valence-electron chi connectivity index (χ0n) is 9.19. The summed E-state index contributed by atoms with van der Waals surface area (Å²) in [5.41, 5.74) is 6.09. The number of carbonyl (C=O) groups excluding carboxylic acids is 1. The van der Waals surface area contributed by atoms with Crippen molar-refractivity contribution in [3.63, 3.8) is 0 Å². The Morgan fingerprint density at radius 1 is 1.22 bits per heavy atom. The summed E-state index contributed by atoms with van der Waals surface area (Å²) in [6.45, 7) is 0. The maximum absolute atomic E-state index is 12.9. The number of benzene rings is 2. The van der Waals surface area contributed by atoms with Crippen molar-refractivity contribution in [2.24, 2.45) is 0 Å². The van der Waals surface area contributed by atoms with Gasteiger partial charge in [0.15, 0.2) is 0 Å². The number of ether oxygens (including phenoxy) is 1. The van der Waals surface area contributed by atoms with E-state index in [1.807, 2.05) is 0 Å². The summed E-state index contributed by atoms with van der Waals surface area (Å²) in [6, 6.07) is 9.72. The van der Waals surface area contributed by atoms with Crippen molar-refractivity contribution in [3.8, 4) is 5.75 Å². The number of carbonyl (C=O) groups is 1. The van der Waals surface area contributed by atoms with Gasteiger partial charge in [-0.25, -0.2) is 9.18 Å². The van der Waals surface area contributed by atoms with E-state index in [4.69, 9.17) is 22.1 Å². The van der Waals surface area contributed by atoms with Crippen LogP contribution in [0.1, 0.15) is 10.4 Å². The van der Waals surface area contributed by atoms with Gasteiger partial charge in [-0.3, -0.25) is 0 Å². The lowest BCUT2D eigenvalue weighted by Crippen LogP contribution is -2.09. The van der Waals surface area contributed by atoms with E-state index < -0.39 is 11.8 Å². The monoisotopic (exact) mass is 265 g/mol. The molecule has 0 unspecified atom stereocenters. The molecule has 0 heterocycles. The molecule has 0 saturated carbocycles. The number of hydrogen-bond donors (Lipinski definition) is 1. The highest BCUT2D eigenvalue weighted by atomic mass is 35.5. The van der Waals surface area contributed by atoms with Crippen molar-refractivity contribution in [1.29, 1.82) is 0 Å². The molecule has 0 bridgehead atoms. The van der Waals surface area contributed by atoms with Gasteiger partial charge in [0.2, 0.25) is 0 Å². The first-order chi connectivity index (χ1) is 8.56. The number of anilines is 1. The summed E-state index contributed by atoms with van der Waals surface area (Å²) in [6.07, 6.45) is 0. The molecular weight excluding hydrogens is 257 g/mol. The van der Waals surface area contributed by atoms with Crippen LogP contribution in [0.15, 0.2) is 42.5 Å². The second-order valence-electron chi connectivity index (χ2n) is 3.59. The van der Waals surface area contributed by atoms with E-state index in [1.165, 1.54) is 30.3 Å². The molecule has 0 amide bonds. The predicted octanol–water partition coefficient (Wildman–Crippen LogP) is 3.28. The van der Waals surface area contributed by atoms with E-state index in [-0.39, 0.29) is 16.3 Å². The fourth-order valence-corrected chi connectivity index (χ4v) is 1.60. The van der Waals surface area contributed by atoms with E-state index in [9.17, 15) is 9.18 Å². The summed E-state index contributed by atoms with van der Waals surface area (Å²) in [5.74, 6) is -1.01. The fraction of sp³-hybridized carbons (Fsp3) is 0. The third-order valence-corrected chi connectivity index (χ3v) is 2.51. The van der Waals surface area contributed by atoms with Gasteiger partial charge >= 0.3 is 5.97 Å². The molecule has 2 rings (SSSR count). The quantitative estimate of drug-likeness (QED) is 0.515. The summed E-state index contributed by atoms with van der Waals surface area (Å²) in [7, 11) is 0. The van der Waals surface area contributed by atoms with Gasteiger partial charge in [0.25, 0.3) is 0 Å². The molecule has 0 aliphatic rings. The average Bonchev–Trinajstić information content (AvgIpc) is 2.32.